The summed E-state index contributed by atoms with van der Waals surface area (Å²) in [6, 6.07) is 0.424. The first-order valence-electron chi connectivity index (χ1n) is 4.72. The van der Waals surface area contributed by atoms with Crippen molar-refractivity contribution in [2.24, 2.45) is 0 Å². The summed E-state index contributed by atoms with van der Waals surface area (Å²) in [7, 11) is 1.90. The lowest BCUT2D eigenvalue weighted by Gasteiger charge is -2.38. The second-order valence-corrected chi connectivity index (χ2v) is 4.03. The van der Waals surface area contributed by atoms with Gasteiger partial charge in [0, 0.05) is 11.6 Å². The van der Waals surface area contributed by atoms with Gasteiger partial charge in [-0.1, -0.05) is 6.08 Å². The molecule has 0 radical (unpaired) electrons. The maximum Gasteiger partial charge on any atom is 0.159 e. The number of fused-ring (bicyclic) bond motifs is 2. The summed E-state index contributed by atoms with van der Waals surface area (Å²) in [4.78, 5) is 13.2. The van der Waals surface area contributed by atoms with Gasteiger partial charge in [-0.3, -0.25) is 9.69 Å². The topological polar surface area (TPSA) is 40.5 Å². The number of Topliss-reactive ketones (excluding diaryl/α,β-unsaturated/α-hetero) is 1. The third-order valence-electron chi connectivity index (χ3n) is 3.36. The van der Waals surface area contributed by atoms with Gasteiger partial charge >= 0.3 is 0 Å². The van der Waals surface area contributed by atoms with Gasteiger partial charge in [-0.05, 0) is 33.2 Å². The summed E-state index contributed by atoms with van der Waals surface area (Å²) in [5, 5.41) is 10.3. The van der Waals surface area contributed by atoms with Gasteiger partial charge in [0.05, 0.1) is 0 Å². The molecular formula is C10H15NO2. The van der Waals surface area contributed by atoms with E-state index >= 15 is 0 Å². The van der Waals surface area contributed by atoms with Crippen molar-refractivity contribution < 1.29 is 9.90 Å². The third kappa shape index (κ3) is 1.07. The van der Waals surface area contributed by atoms with Crippen molar-refractivity contribution in [3.05, 3.63) is 11.6 Å². The molecule has 2 rings (SSSR count). The zero-order valence-electron chi connectivity index (χ0n) is 8.08. The van der Waals surface area contributed by atoms with Crippen LogP contribution in [0.1, 0.15) is 26.2 Å². The van der Waals surface area contributed by atoms with Crippen LogP contribution in [0.4, 0.5) is 0 Å². The first-order chi connectivity index (χ1) is 6.05. The van der Waals surface area contributed by atoms with Gasteiger partial charge in [0.25, 0.3) is 0 Å². The highest BCUT2D eigenvalue weighted by atomic mass is 16.3. The Morgan fingerprint density at radius 1 is 1.77 bits per heavy atom. The Kier molecular flexibility index (Phi) is 1.82. The molecule has 0 amide bonds. The molecule has 0 saturated carbocycles. The fourth-order valence-electron chi connectivity index (χ4n) is 2.48. The highest BCUT2D eigenvalue weighted by Crippen LogP contribution is 2.41. The number of aliphatic hydroxyl groups is 1. The number of ketones is 1. The van der Waals surface area contributed by atoms with Crippen molar-refractivity contribution in [1.82, 2.24) is 4.90 Å². The summed E-state index contributed by atoms with van der Waals surface area (Å²) in [5.74, 6) is -0.00491. The van der Waals surface area contributed by atoms with Crippen LogP contribution in [0.25, 0.3) is 0 Å². The molecule has 1 N–H and O–H groups in total. The third-order valence-corrected chi connectivity index (χ3v) is 3.36. The lowest BCUT2D eigenvalue weighted by Crippen LogP contribution is -2.49. The van der Waals surface area contributed by atoms with Gasteiger partial charge in [-0.2, -0.15) is 0 Å². The van der Waals surface area contributed by atoms with E-state index in [9.17, 15) is 9.90 Å². The quantitative estimate of drug-likeness (QED) is 0.647. The van der Waals surface area contributed by atoms with Crippen molar-refractivity contribution in [1.29, 1.82) is 0 Å². The Balaban J connectivity index is 2.40. The van der Waals surface area contributed by atoms with E-state index in [1.165, 1.54) is 6.92 Å². The molecular weight excluding hydrogens is 166 g/mol. The smallest absolute Gasteiger partial charge is 0.159 e. The molecule has 2 aliphatic rings. The minimum absolute atomic E-state index is 0.00491. The van der Waals surface area contributed by atoms with Gasteiger partial charge in [-0.25, -0.2) is 0 Å². The largest absolute Gasteiger partial charge is 0.371 e. The van der Waals surface area contributed by atoms with Crippen molar-refractivity contribution in [2.45, 2.75) is 38.0 Å². The van der Waals surface area contributed by atoms with Crippen LogP contribution in [0.3, 0.4) is 0 Å². The van der Waals surface area contributed by atoms with Gasteiger partial charge in [0.15, 0.2) is 5.78 Å². The zero-order chi connectivity index (χ0) is 9.64. The average Bonchev–Trinajstić information content (AvgIpc) is 2.30. The Morgan fingerprint density at radius 2 is 2.46 bits per heavy atom. The van der Waals surface area contributed by atoms with Crippen LogP contribution in [-0.2, 0) is 4.79 Å². The second kappa shape index (κ2) is 2.66. The van der Waals surface area contributed by atoms with Gasteiger partial charge in [-0.15, -0.1) is 0 Å². The molecule has 3 nitrogen and oxygen atoms in total. The van der Waals surface area contributed by atoms with Crippen LogP contribution >= 0.6 is 0 Å². The summed E-state index contributed by atoms with van der Waals surface area (Å²) >= 11 is 0. The highest BCUT2D eigenvalue weighted by Gasteiger charge is 2.48. The molecule has 1 fully saturated rings. The van der Waals surface area contributed by atoms with E-state index in [4.69, 9.17) is 0 Å². The number of nitrogens with zero attached hydrogens (tertiary/aromatic N) is 1. The van der Waals surface area contributed by atoms with E-state index in [1.54, 1.807) is 0 Å². The molecule has 72 valence electrons. The fraction of sp³-hybridized carbons (Fsp3) is 0.700. The SMILES string of the molecule is CC(=O)C1=CC[C@@H]2CC[C@@]1(O)N2C. The number of likely N-dealkylation sites (N-methyl/N-ethyl adjacent to an activating group) is 1. The van der Waals surface area contributed by atoms with Crippen LogP contribution in [0, 0.1) is 0 Å². The van der Waals surface area contributed by atoms with E-state index in [0.29, 0.717) is 18.0 Å². The van der Waals surface area contributed by atoms with E-state index in [-0.39, 0.29) is 5.78 Å². The maximum atomic E-state index is 11.3. The van der Waals surface area contributed by atoms with Gasteiger partial charge in [0.2, 0.25) is 0 Å². The van der Waals surface area contributed by atoms with E-state index in [1.807, 2.05) is 18.0 Å². The van der Waals surface area contributed by atoms with Crippen LogP contribution in [-0.4, -0.2) is 34.6 Å². The van der Waals surface area contributed by atoms with Crippen LogP contribution in [0.2, 0.25) is 0 Å². The molecule has 0 aromatic heterocycles. The summed E-state index contributed by atoms with van der Waals surface area (Å²) in [5.41, 5.74) is -0.377. The van der Waals surface area contributed by atoms with Crippen molar-refractivity contribution in [3.63, 3.8) is 0 Å². The molecule has 0 aromatic carbocycles. The number of carbonyl (C=O) groups is 1. The first-order valence-corrected chi connectivity index (χ1v) is 4.72. The highest BCUT2D eigenvalue weighted by molar-refractivity contribution is 5.95. The van der Waals surface area contributed by atoms with Gasteiger partial charge in [0.1, 0.15) is 5.72 Å². The molecule has 2 bridgehead atoms. The maximum absolute atomic E-state index is 11.3. The van der Waals surface area contributed by atoms with E-state index in [0.717, 1.165) is 12.8 Å². The standard InChI is InChI=1S/C10H15NO2/c1-7(12)9-4-3-8-5-6-10(9,13)11(8)2/h4,8,13H,3,5-6H2,1-2H3/t8-,10+/m1/s1. The summed E-state index contributed by atoms with van der Waals surface area (Å²) in [6.07, 6.45) is 4.48. The molecule has 3 heteroatoms. The number of hydrogen-bond donors (Lipinski definition) is 1. The minimum atomic E-state index is -0.964. The Hall–Kier alpha value is -0.670. The zero-order valence-corrected chi connectivity index (χ0v) is 8.08. The molecule has 0 aromatic rings. The lowest BCUT2D eigenvalue weighted by molar-refractivity contribution is -0.120. The van der Waals surface area contributed by atoms with Gasteiger partial charge < -0.3 is 5.11 Å². The summed E-state index contributed by atoms with van der Waals surface area (Å²) in [6.45, 7) is 1.52. The first kappa shape index (κ1) is 8.91. The van der Waals surface area contributed by atoms with Crippen molar-refractivity contribution in [2.75, 3.05) is 7.05 Å². The predicted molar refractivity (Wildman–Crippen MR) is 49.1 cm³/mol. The molecule has 13 heavy (non-hydrogen) atoms. The number of rotatable bonds is 1. The minimum Gasteiger partial charge on any atom is -0.371 e. The Morgan fingerprint density at radius 3 is 3.08 bits per heavy atom. The van der Waals surface area contributed by atoms with Crippen LogP contribution in [0.15, 0.2) is 11.6 Å². The van der Waals surface area contributed by atoms with Crippen molar-refractivity contribution in [3.8, 4) is 0 Å². The molecule has 2 aliphatic heterocycles. The monoisotopic (exact) mass is 181 g/mol. The number of carbonyl (C=O) groups excluding carboxylic acids is 1. The molecule has 0 aliphatic carbocycles. The summed E-state index contributed by atoms with van der Waals surface area (Å²) < 4.78 is 0. The normalized spacial score (nSPS) is 39.0. The van der Waals surface area contributed by atoms with E-state index < -0.39 is 5.72 Å². The fourth-order valence-corrected chi connectivity index (χ4v) is 2.48. The second-order valence-electron chi connectivity index (χ2n) is 4.03. The van der Waals surface area contributed by atoms with E-state index in [2.05, 4.69) is 0 Å². The Bertz CT molecular complexity index is 285. The van der Waals surface area contributed by atoms with Crippen molar-refractivity contribution >= 4 is 5.78 Å². The average molecular weight is 181 g/mol. The molecule has 0 spiro atoms. The lowest BCUT2D eigenvalue weighted by atomic mass is 9.95. The number of hydrogen-bond acceptors (Lipinski definition) is 3. The van der Waals surface area contributed by atoms with Crippen LogP contribution < -0.4 is 0 Å². The molecule has 2 atom stereocenters. The predicted octanol–water partition coefficient (Wildman–Crippen LogP) is 0.688. The Labute approximate surface area is 78.0 Å². The molecule has 2 heterocycles. The molecule has 1 saturated heterocycles. The molecule has 0 unspecified atom stereocenters. The van der Waals surface area contributed by atoms with Crippen LogP contribution in [0.5, 0.6) is 0 Å².